The summed E-state index contributed by atoms with van der Waals surface area (Å²) in [7, 11) is 0. The lowest BCUT2D eigenvalue weighted by molar-refractivity contribution is -0.0547. The first-order chi connectivity index (χ1) is 18.7. The van der Waals surface area contributed by atoms with Gasteiger partial charge >= 0.3 is 6.61 Å². The van der Waals surface area contributed by atoms with Crippen molar-refractivity contribution in [2.75, 3.05) is 0 Å². The summed E-state index contributed by atoms with van der Waals surface area (Å²) >= 11 is 0. The molecular formula is C30H35F7O2. The average molecular weight is 561 g/mol. The van der Waals surface area contributed by atoms with Crippen molar-refractivity contribution >= 4 is 0 Å². The zero-order chi connectivity index (χ0) is 28.1. The van der Waals surface area contributed by atoms with Crippen molar-refractivity contribution in [3.63, 3.8) is 0 Å². The smallest absolute Gasteiger partial charge is 0.387 e. The van der Waals surface area contributed by atoms with Crippen LogP contribution in [0.25, 0.3) is 0 Å². The molecule has 4 rings (SSSR count). The highest BCUT2D eigenvalue weighted by Crippen LogP contribution is 2.48. The maximum absolute atomic E-state index is 15.0. The molecule has 9 heteroatoms. The van der Waals surface area contributed by atoms with Crippen LogP contribution in [0.2, 0.25) is 0 Å². The van der Waals surface area contributed by atoms with Crippen molar-refractivity contribution in [1.82, 2.24) is 0 Å². The quantitative estimate of drug-likeness (QED) is 0.164. The van der Waals surface area contributed by atoms with E-state index in [4.69, 9.17) is 4.74 Å². The number of hydrogen-bond acceptors (Lipinski definition) is 2. The molecule has 0 N–H and O–H groups in total. The molecule has 0 aromatic heterocycles. The van der Waals surface area contributed by atoms with E-state index >= 15 is 4.39 Å². The molecule has 2 fully saturated rings. The van der Waals surface area contributed by atoms with Crippen LogP contribution in [0.5, 0.6) is 17.2 Å². The average Bonchev–Trinajstić information content (AvgIpc) is 2.90. The number of rotatable bonds is 10. The SMILES string of the molecule is CCCCCC1CCC(C2CCC(c3c(F)c(F)cc(F)c3Oc3cc(F)c(OC(F)F)c(F)c3)CC2)CC1. The highest BCUT2D eigenvalue weighted by Gasteiger charge is 2.35. The highest BCUT2D eigenvalue weighted by atomic mass is 19.3. The Bertz CT molecular complexity index is 1080. The maximum Gasteiger partial charge on any atom is 0.387 e. The fourth-order valence-corrected chi connectivity index (χ4v) is 6.49. The molecule has 0 unspecified atom stereocenters. The van der Waals surface area contributed by atoms with Gasteiger partial charge in [-0.15, -0.1) is 0 Å². The molecule has 0 heterocycles. The summed E-state index contributed by atoms with van der Waals surface area (Å²) in [6, 6.07) is 1.38. The van der Waals surface area contributed by atoms with Crippen LogP contribution >= 0.6 is 0 Å². The van der Waals surface area contributed by atoms with Crippen molar-refractivity contribution in [3.8, 4) is 17.2 Å². The Labute approximate surface area is 224 Å². The fraction of sp³-hybridized carbons (Fsp3) is 0.600. The first kappa shape index (κ1) is 29.5. The van der Waals surface area contributed by atoms with Crippen LogP contribution in [0, 0.1) is 46.8 Å². The summed E-state index contributed by atoms with van der Waals surface area (Å²) in [5.41, 5.74) is -0.306. The largest absolute Gasteiger partial charge is 0.454 e. The summed E-state index contributed by atoms with van der Waals surface area (Å²) in [4.78, 5) is 0. The number of hydrogen-bond donors (Lipinski definition) is 0. The van der Waals surface area contributed by atoms with Crippen molar-refractivity contribution in [2.24, 2.45) is 17.8 Å². The van der Waals surface area contributed by atoms with Gasteiger partial charge in [-0.25, -0.2) is 22.0 Å². The minimum Gasteiger partial charge on any atom is -0.454 e. The van der Waals surface area contributed by atoms with Gasteiger partial charge in [0.1, 0.15) is 5.75 Å². The second-order valence-electron chi connectivity index (χ2n) is 11.0. The van der Waals surface area contributed by atoms with Crippen molar-refractivity contribution < 1.29 is 40.2 Å². The number of benzene rings is 2. The van der Waals surface area contributed by atoms with E-state index in [9.17, 15) is 26.3 Å². The molecule has 0 amide bonds. The normalized spacial score (nSPS) is 23.7. The van der Waals surface area contributed by atoms with Crippen LogP contribution < -0.4 is 9.47 Å². The molecule has 2 aliphatic carbocycles. The zero-order valence-corrected chi connectivity index (χ0v) is 22.1. The first-order valence-corrected chi connectivity index (χ1v) is 14.0. The minimum absolute atomic E-state index is 0.306. The van der Waals surface area contributed by atoms with Crippen LogP contribution in [0.3, 0.4) is 0 Å². The number of unbranched alkanes of at least 4 members (excludes halogenated alkanes) is 2. The standard InChI is InChI=1S/C30H35F7O2/c1-2-3-4-5-17-6-8-18(9-7-17)19-10-12-20(13-11-19)26-27(35)22(31)16-25(34)29(26)38-21-14-23(32)28(24(33)15-21)39-30(36)37/h14-20,30H,2-13H2,1H3. The Morgan fingerprint density at radius 2 is 1.28 bits per heavy atom. The molecule has 2 saturated carbocycles. The van der Waals surface area contributed by atoms with Crippen LogP contribution in [-0.2, 0) is 0 Å². The Kier molecular flexibility index (Phi) is 10.0. The predicted octanol–water partition coefficient (Wildman–Crippen LogP) is 10.4. The van der Waals surface area contributed by atoms with E-state index in [1.54, 1.807) is 0 Å². The number of ether oxygens (including phenoxy) is 2. The van der Waals surface area contributed by atoms with E-state index in [2.05, 4.69) is 11.7 Å². The molecule has 0 atom stereocenters. The van der Waals surface area contributed by atoms with Gasteiger partial charge in [-0.05, 0) is 62.2 Å². The third kappa shape index (κ3) is 7.20. The Morgan fingerprint density at radius 1 is 0.718 bits per heavy atom. The van der Waals surface area contributed by atoms with E-state index in [-0.39, 0.29) is 5.56 Å². The van der Waals surface area contributed by atoms with Crippen molar-refractivity contribution in [2.45, 2.75) is 96.5 Å². The molecule has 0 spiro atoms. The van der Waals surface area contributed by atoms with Crippen LogP contribution in [0.15, 0.2) is 18.2 Å². The predicted molar refractivity (Wildman–Crippen MR) is 134 cm³/mol. The van der Waals surface area contributed by atoms with E-state index in [1.807, 2.05) is 0 Å². The lowest BCUT2D eigenvalue weighted by Crippen LogP contribution is -2.26. The molecule has 2 aromatic rings. The van der Waals surface area contributed by atoms with E-state index in [1.165, 1.54) is 51.4 Å². The minimum atomic E-state index is -3.47. The topological polar surface area (TPSA) is 18.5 Å². The van der Waals surface area contributed by atoms with Gasteiger partial charge in [0.05, 0.1) is 0 Å². The summed E-state index contributed by atoms with van der Waals surface area (Å²) in [5.74, 6) is -8.14. The van der Waals surface area contributed by atoms with Crippen LogP contribution in [-0.4, -0.2) is 6.61 Å². The van der Waals surface area contributed by atoms with Crippen molar-refractivity contribution in [1.29, 1.82) is 0 Å². The lowest BCUT2D eigenvalue weighted by atomic mass is 9.68. The molecule has 39 heavy (non-hydrogen) atoms. The summed E-state index contributed by atoms with van der Waals surface area (Å²) < 4.78 is 107. The molecule has 2 aliphatic rings. The zero-order valence-electron chi connectivity index (χ0n) is 22.1. The molecule has 2 nitrogen and oxygen atoms in total. The monoisotopic (exact) mass is 560 g/mol. The van der Waals surface area contributed by atoms with Gasteiger partial charge in [0.25, 0.3) is 0 Å². The van der Waals surface area contributed by atoms with Gasteiger partial charge in [-0.2, -0.15) is 8.78 Å². The molecular weight excluding hydrogens is 525 g/mol. The second kappa shape index (κ2) is 13.3. The molecule has 0 saturated heterocycles. The van der Waals surface area contributed by atoms with Crippen LogP contribution in [0.4, 0.5) is 30.7 Å². The molecule has 0 radical (unpaired) electrons. The van der Waals surface area contributed by atoms with Gasteiger partial charge in [-0.3, -0.25) is 0 Å². The summed E-state index contributed by atoms with van der Waals surface area (Å²) in [5, 5.41) is 0. The Hall–Kier alpha value is -2.45. The van der Waals surface area contributed by atoms with Gasteiger partial charge in [0.15, 0.2) is 40.6 Å². The third-order valence-electron chi connectivity index (χ3n) is 8.51. The highest BCUT2D eigenvalue weighted by molar-refractivity contribution is 5.44. The van der Waals surface area contributed by atoms with Gasteiger partial charge in [0.2, 0.25) is 0 Å². The van der Waals surface area contributed by atoms with E-state index in [0.717, 1.165) is 18.8 Å². The summed E-state index contributed by atoms with van der Waals surface area (Å²) in [6.07, 6.45) is 12.4. The fourth-order valence-electron chi connectivity index (χ4n) is 6.49. The van der Waals surface area contributed by atoms with Gasteiger partial charge in [0, 0.05) is 23.8 Å². The molecule has 0 bridgehead atoms. The maximum atomic E-state index is 15.0. The Morgan fingerprint density at radius 3 is 1.85 bits per heavy atom. The van der Waals surface area contributed by atoms with E-state index in [0.29, 0.717) is 42.9 Å². The second-order valence-corrected chi connectivity index (χ2v) is 11.0. The van der Waals surface area contributed by atoms with Crippen LogP contribution in [0.1, 0.15) is 95.5 Å². The van der Waals surface area contributed by atoms with Gasteiger partial charge in [-0.1, -0.05) is 45.4 Å². The molecule has 2 aromatic carbocycles. The molecule has 216 valence electrons. The van der Waals surface area contributed by atoms with Crippen molar-refractivity contribution in [3.05, 3.63) is 52.8 Å². The Balaban J connectivity index is 1.46. The first-order valence-electron chi connectivity index (χ1n) is 14.0. The number of alkyl halides is 2. The number of halogens is 7. The van der Waals surface area contributed by atoms with Gasteiger partial charge < -0.3 is 9.47 Å². The summed E-state index contributed by atoms with van der Waals surface area (Å²) in [6.45, 7) is -1.26. The lowest BCUT2D eigenvalue weighted by Gasteiger charge is -2.38. The third-order valence-corrected chi connectivity index (χ3v) is 8.51. The molecule has 0 aliphatic heterocycles. The van der Waals surface area contributed by atoms with E-state index < -0.39 is 58.9 Å².